The highest BCUT2D eigenvalue weighted by atomic mass is 32.2. The number of rotatable bonds is 8. The minimum absolute atomic E-state index is 0.230. The first-order chi connectivity index (χ1) is 17.4. The van der Waals surface area contributed by atoms with Crippen LogP contribution in [-0.4, -0.2) is 61.7 Å². The summed E-state index contributed by atoms with van der Waals surface area (Å²) in [6, 6.07) is 0.478. The molecule has 0 saturated carbocycles. The van der Waals surface area contributed by atoms with E-state index in [1.165, 1.54) is 17.3 Å². The van der Waals surface area contributed by atoms with Crippen LogP contribution in [0.15, 0.2) is 18.5 Å². The van der Waals surface area contributed by atoms with Crippen LogP contribution in [0.2, 0.25) is 0 Å². The molecule has 1 aromatic carbocycles. The van der Waals surface area contributed by atoms with Crippen LogP contribution >= 0.6 is 0 Å². The molecule has 12 heteroatoms. The van der Waals surface area contributed by atoms with Crippen LogP contribution in [0.4, 0.5) is 16.2 Å². The summed E-state index contributed by atoms with van der Waals surface area (Å²) in [5, 5.41) is 20.1. The quantitative estimate of drug-likeness (QED) is 0.532. The monoisotopic (exact) mass is 518 g/mol. The lowest BCUT2D eigenvalue weighted by Crippen LogP contribution is -2.51. The van der Waals surface area contributed by atoms with Crippen LogP contribution in [-0.2, 0) is 51.9 Å². The number of benzene rings is 1. The van der Waals surface area contributed by atoms with Crippen LogP contribution in [0.3, 0.4) is 0 Å². The van der Waals surface area contributed by atoms with Gasteiger partial charge < -0.3 is 20.0 Å². The summed E-state index contributed by atoms with van der Waals surface area (Å²) in [6.45, 7) is 1.54. The molecule has 2 aliphatic carbocycles. The van der Waals surface area contributed by atoms with Crippen LogP contribution in [0.1, 0.15) is 47.9 Å². The molecule has 1 aromatic heterocycles. The fourth-order valence-electron chi connectivity index (χ4n) is 5.53. The molecule has 2 heterocycles. The summed E-state index contributed by atoms with van der Waals surface area (Å²) in [7, 11) is -3.19. The van der Waals surface area contributed by atoms with Gasteiger partial charge in [-0.1, -0.05) is 6.07 Å². The summed E-state index contributed by atoms with van der Waals surface area (Å²) < 4.78 is 39.9. The van der Waals surface area contributed by atoms with E-state index in [0.717, 1.165) is 54.0 Å². The molecule has 0 atom stereocenters. The first-order valence-electron chi connectivity index (χ1n) is 12.5. The van der Waals surface area contributed by atoms with Crippen LogP contribution in [0.25, 0.3) is 0 Å². The maximum absolute atomic E-state index is 13.6. The van der Waals surface area contributed by atoms with Gasteiger partial charge in [-0.25, -0.2) is 9.10 Å². The van der Waals surface area contributed by atoms with Crippen molar-refractivity contribution in [2.24, 2.45) is 0 Å². The number of aryl methyl sites for hydroxylation is 2. The molecule has 1 saturated heterocycles. The molecule has 2 aromatic rings. The van der Waals surface area contributed by atoms with Gasteiger partial charge in [0.2, 0.25) is 0 Å². The summed E-state index contributed by atoms with van der Waals surface area (Å²) in [5.41, 5.74) is 5.26. The normalized spacial score (nSPS) is 17.6. The minimum atomic E-state index is -4.75. The molecule has 2 amide bonds. The van der Waals surface area contributed by atoms with E-state index in [1.807, 2.05) is 0 Å². The maximum Gasteiger partial charge on any atom is 0.326 e. The Hall–Kier alpha value is -2.67. The third kappa shape index (κ3) is 4.70. The van der Waals surface area contributed by atoms with Crippen LogP contribution in [0, 0.1) is 5.21 Å². The Morgan fingerprint density at radius 2 is 1.86 bits per heavy atom. The Bertz CT molecular complexity index is 1190. The SMILES string of the molecule is COCCn1cc(N(C2CCOCC2)S(=O)(=O)N([O-])C(=O)Nc2c3c(cc4c2CCC4)CCC3)cn1. The van der Waals surface area contributed by atoms with Gasteiger partial charge in [-0.2, -0.15) is 13.5 Å². The van der Waals surface area contributed by atoms with Gasteiger partial charge in [0.25, 0.3) is 0 Å². The van der Waals surface area contributed by atoms with Gasteiger partial charge in [0.1, 0.15) is 0 Å². The van der Waals surface area contributed by atoms with Crippen molar-refractivity contribution in [1.29, 1.82) is 0 Å². The molecule has 1 aliphatic heterocycles. The smallest absolute Gasteiger partial charge is 0.326 e. The molecule has 1 fully saturated rings. The van der Waals surface area contributed by atoms with Crippen molar-refractivity contribution in [2.45, 2.75) is 64.0 Å². The number of methoxy groups -OCH3 is 1. The molecule has 0 unspecified atom stereocenters. The number of ether oxygens (including phenoxy) is 2. The van der Waals surface area contributed by atoms with Crippen molar-refractivity contribution in [3.63, 3.8) is 0 Å². The summed E-state index contributed by atoms with van der Waals surface area (Å²) in [4.78, 5) is 13.2. The van der Waals surface area contributed by atoms with E-state index >= 15 is 0 Å². The second-order valence-corrected chi connectivity index (χ2v) is 11.1. The van der Waals surface area contributed by atoms with Gasteiger partial charge in [0.05, 0.1) is 31.1 Å². The van der Waals surface area contributed by atoms with Gasteiger partial charge in [-0.05, 0) is 73.6 Å². The van der Waals surface area contributed by atoms with E-state index < -0.39 is 26.8 Å². The number of carbonyl (C=O) groups excluding carboxylic acids is 1. The van der Waals surface area contributed by atoms with Crippen LogP contribution < -0.4 is 9.62 Å². The Balaban J connectivity index is 1.43. The van der Waals surface area contributed by atoms with Gasteiger partial charge in [0, 0.05) is 32.2 Å². The third-order valence-corrected chi connectivity index (χ3v) is 8.84. The van der Waals surface area contributed by atoms with Crippen molar-refractivity contribution >= 4 is 27.6 Å². The molecule has 0 spiro atoms. The van der Waals surface area contributed by atoms with E-state index in [1.54, 1.807) is 18.0 Å². The molecule has 0 bridgehead atoms. The predicted molar refractivity (Wildman–Crippen MR) is 134 cm³/mol. The fraction of sp³-hybridized carbons (Fsp3) is 0.583. The number of amides is 2. The van der Waals surface area contributed by atoms with Crippen molar-refractivity contribution in [3.8, 4) is 0 Å². The number of carbonyl (C=O) groups is 1. The number of urea groups is 1. The van der Waals surface area contributed by atoms with E-state index in [-0.39, 0.29) is 5.69 Å². The Labute approximate surface area is 211 Å². The molecule has 196 valence electrons. The zero-order valence-corrected chi connectivity index (χ0v) is 21.3. The second-order valence-electron chi connectivity index (χ2n) is 9.49. The minimum Gasteiger partial charge on any atom is -0.740 e. The summed E-state index contributed by atoms with van der Waals surface area (Å²) >= 11 is 0. The fourth-order valence-corrected chi connectivity index (χ4v) is 6.89. The van der Waals surface area contributed by atoms with E-state index in [2.05, 4.69) is 16.5 Å². The average Bonchev–Trinajstić information content (AvgIpc) is 3.64. The number of hydrogen-bond donors (Lipinski definition) is 1. The van der Waals surface area contributed by atoms with Gasteiger partial charge in [0.15, 0.2) is 0 Å². The second kappa shape index (κ2) is 10.4. The molecular weight excluding hydrogens is 486 g/mol. The number of hydroxylamine groups is 1. The molecule has 11 nitrogen and oxygen atoms in total. The third-order valence-electron chi connectivity index (χ3n) is 7.25. The molecule has 3 aliphatic rings. The van der Waals surface area contributed by atoms with E-state index in [9.17, 15) is 18.4 Å². The molecule has 0 radical (unpaired) electrons. The summed E-state index contributed by atoms with van der Waals surface area (Å²) in [6.07, 6.45) is 9.16. The van der Waals surface area contributed by atoms with Gasteiger partial charge >= 0.3 is 16.2 Å². The standard InChI is InChI=1S/C24H32N5O6S/c1-34-13-10-27-16-20(15-25-27)28(19-8-11-35-12-9-19)36(32,33)29(31)24(30)26-23-21-6-2-4-17(21)14-18-5-3-7-22(18)23/h14-16,19H,2-13H2,1H3,(H,26,30)/q-1. The molecule has 1 N–H and O–H groups in total. The number of nitrogens with zero attached hydrogens (tertiary/aromatic N) is 4. The van der Waals surface area contributed by atoms with Gasteiger partial charge in [-0.3, -0.25) is 9.15 Å². The lowest BCUT2D eigenvalue weighted by atomic mass is 9.99. The number of anilines is 2. The number of nitrogens with one attached hydrogen (secondary N) is 1. The molecule has 5 rings (SSSR count). The molecule has 36 heavy (non-hydrogen) atoms. The number of fused-ring (bicyclic) bond motifs is 2. The predicted octanol–water partition coefficient (Wildman–Crippen LogP) is 2.77. The highest BCUT2D eigenvalue weighted by molar-refractivity contribution is 7.91. The Morgan fingerprint density at radius 3 is 2.50 bits per heavy atom. The first-order valence-corrected chi connectivity index (χ1v) is 13.9. The van der Waals surface area contributed by atoms with Crippen molar-refractivity contribution in [2.75, 3.05) is 36.6 Å². The highest BCUT2D eigenvalue weighted by Crippen LogP contribution is 2.39. The Kier molecular flexibility index (Phi) is 7.20. The number of aromatic nitrogens is 2. The first kappa shape index (κ1) is 25.0. The highest BCUT2D eigenvalue weighted by Gasteiger charge is 2.36. The maximum atomic E-state index is 13.6. The zero-order chi connectivity index (χ0) is 25.3. The van der Waals surface area contributed by atoms with Crippen molar-refractivity contribution < 1.29 is 22.7 Å². The van der Waals surface area contributed by atoms with Crippen LogP contribution in [0.5, 0.6) is 0 Å². The van der Waals surface area contributed by atoms with Crippen molar-refractivity contribution in [3.05, 3.63) is 45.9 Å². The lowest BCUT2D eigenvalue weighted by Gasteiger charge is -2.39. The topological polar surface area (TPSA) is 129 Å². The van der Waals surface area contributed by atoms with E-state index in [0.29, 0.717) is 44.9 Å². The van der Waals surface area contributed by atoms with E-state index in [4.69, 9.17) is 9.47 Å². The zero-order valence-electron chi connectivity index (χ0n) is 20.4. The summed E-state index contributed by atoms with van der Waals surface area (Å²) in [5.74, 6) is 0. The average molecular weight is 519 g/mol. The largest absolute Gasteiger partial charge is 0.740 e. The lowest BCUT2D eigenvalue weighted by molar-refractivity contribution is 0.0874. The number of hydrogen-bond acceptors (Lipinski definition) is 7. The van der Waals surface area contributed by atoms with Crippen molar-refractivity contribution in [1.82, 2.24) is 14.2 Å². The Morgan fingerprint density at radius 1 is 1.19 bits per heavy atom. The molecular formula is C24H32N5O6S-. The van der Waals surface area contributed by atoms with Gasteiger partial charge in [-0.15, -0.1) is 0 Å².